The van der Waals surface area contributed by atoms with Gasteiger partial charge in [0.2, 0.25) is 0 Å². The molecule has 0 aliphatic carbocycles. The Morgan fingerprint density at radius 3 is 2.52 bits per heavy atom. The summed E-state index contributed by atoms with van der Waals surface area (Å²) in [5.41, 5.74) is 7.72. The first-order chi connectivity index (χ1) is 10.0. The lowest BCUT2D eigenvalue weighted by atomic mass is 10.1. The number of benzene rings is 2. The fourth-order valence-electron chi connectivity index (χ4n) is 2.20. The zero-order valence-corrected chi connectivity index (χ0v) is 13.4. The predicted octanol–water partition coefficient (Wildman–Crippen LogP) is 4.33. The number of nitrogens with zero attached hydrogens (tertiary/aromatic N) is 2. The normalized spacial score (nSPS) is 10.8. The van der Waals surface area contributed by atoms with E-state index in [-0.39, 0.29) is 0 Å². The van der Waals surface area contributed by atoms with Crippen LogP contribution >= 0.6 is 15.9 Å². The minimum absolute atomic E-state index is 0.509. The van der Waals surface area contributed by atoms with Crippen molar-refractivity contribution in [3.05, 3.63) is 52.3 Å². The molecule has 1 heterocycles. The highest BCUT2D eigenvalue weighted by atomic mass is 79.9. The molecule has 0 saturated carbocycles. The summed E-state index contributed by atoms with van der Waals surface area (Å²) >= 11 is 3.48. The zero-order valence-electron chi connectivity index (χ0n) is 11.8. The maximum Gasteiger partial charge on any atom is 0.139 e. The number of nitrogen functional groups attached to an aromatic ring is 1. The molecule has 21 heavy (non-hydrogen) atoms. The highest BCUT2D eigenvalue weighted by Gasteiger charge is 2.07. The predicted molar refractivity (Wildman–Crippen MR) is 90.8 cm³/mol. The summed E-state index contributed by atoms with van der Waals surface area (Å²) in [5, 5.41) is 5.67. The van der Waals surface area contributed by atoms with E-state index in [9.17, 15) is 0 Å². The molecule has 2 aromatic carbocycles. The van der Waals surface area contributed by atoms with Crippen molar-refractivity contribution in [3.8, 4) is 0 Å². The quantitative estimate of drug-likeness (QED) is 0.727. The third-order valence-corrected chi connectivity index (χ3v) is 3.85. The number of nitrogens with one attached hydrogen (secondary N) is 1. The second-order valence-corrected chi connectivity index (χ2v) is 5.88. The monoisotopic (exact) mass is 342 g/mol. The Morgan fingerprint density at radius 1 is 1.00 bits per heavy atom. The maximum atomic E-state index is 5.89. The number of nitrogens with two attached hydrogens (primary N) is 1. The van der Waals surface area contributed by atoms with Crippen molar-refractivity contribution >= 4 is 44.0 Å². The molecule has 0 aliphatic heterocycles. The van der Waals surface area contributed by atoms with Crippen molar-refractivity contribution in [1.29, 1.82) is 0 Å². The van der Waals surface area contributed by atoms with Gasteiger partial charge in [-0.2, -0.15) is 0 Å². The zero-order chi connectivity index (χ0) is 15.0. The topological polar surface area (TPSA) is 63.8 Å². The summed E-state index contributed by atoms with van der Waals surface area (Å²) < 4.78 is 1.07. The first kappa shape index (κ1) is 13.8. The van der Waals surface area contributed by atoms with Crippen LogP contribution in [0.4, 0.5) is 17.3 Å². The van der Waals surface area contributed by atoms with Crippen molar-refractivity contribution in [2.45, 2.75) is 13.8 Å². The van der Waals surface area contributed by atoms with E-state index in [4.69, 9.17) is 5.73 Å². The van der Waals surface area contributed by atoms with E-state index < -0.39 is 0 Å². The third kappa shape index (κ3) is 2.83. The van der Waals surface area contributed by atoms with Crippen LogP contribution in [0.3, 0.4) is 0 Å². The van der Waals surface area contributed by atoms with Crippen LogP contribution in [0.15, 0.2) is 40.9 Å². The third-order valence-electron chi connectivity index (χ3n) is 3.36. The van der Waals surface area contributed by atoms with Crippen LogP contribution in [0.2, 0.25) is 0 Å². The largest absolute Gasteiger partial charge is 0.383 e. The molecule has 3 aromatic rings. The Bertz CT molecular complexity index is 830. The van der Waals surface area contributed by atoms with Crippen molar-refractivity contribution in [2.75, 3.05) is 11.1 Å². The van der Waals surface area contributed by atoms with Crippen LogP contribution in [0.25, 0.3) is 10.8 Å². The van der Waals surface area contributed by atoms with Crippen LogP contribution in [0.5, 0.6) is 0 Å². The van der Waals surface area contributed by atoms with Gasteiger partial charge in [-0.15, -0.1) is 0 Å². The Kier molecular flexibility index (Phi) is 3.51. The lowest BCUT2D eigenvalue weighted by molar-refractivity contribution is 1.04. The van der Waals surface area contributed by atoms with Gasteiger partial charge in [-0.3, -0.25) is 0 Å². The second kappa shape index (κ2) is 5.33. The SMILES string of the molecule is Cc1nc(N)c(C)c(Nc2ccc3cc(Br)ccc3c2)n1. The van der Waals surface area contributed by atoms with Gasteiger partial charge in [-0.1, -0.05) is 28.1 Å². The van der Waals surface area contributed by atoms with Crippen molar-refractivity contribution in [1.82, 2.24) is 9.97 Å². The van der Waals surface area contributed by atoms with E-state index in [2.05, 4.69) is 55.5 Å². The summed E-state index contributed by atoms with van der Waals surface area (Å²) in [6.45, 7) is 3.74. The maximum absolute atomic E-state index is 5.89. The van der Waals surface area contributed by atoms with E-state index in [1.165, 1.54) is 10.8 Å². The molecule has 0 atom stereocenters. The van der Waals surface area contributed by atoms with Crippen LogP contribution in [0.1, 0.15) is 11.4 Å². The number of rotatable bonds is 2. The fourth-order valence-corrected chi connectivity index (χ4v) is 2.58. The Balaban J connectivity index is 2.00. The van der Waals surface area contributed by atoms with Crippen LogP contribution in [-0.2, 0) is 0 Å². The number of hydrogen-bond donors (Lipinski definition) is 2. The molecule has 0 spiro atoms. The second-order valence-electron chi connectivity index (χ2n) is 4.96. The highest BCUT2D eigenvalue weighted by Crippen LogP contribution is 2.26. The summed E-state index contributed by atoms with van der Waals surface area (Å²) in [5.74, 6) is 1.91. The van der Waals surface area contributed by atoms with Crippen molar-refractivity contribution in [3.63, 3.8) is 0 Å². The van der Waals surface area contributed by atoms with Gasteiger partial charge in [0.25, 0.3) is 0 Å². The summed E-state index contributed by atoms with van der Waals surface area (Å²) in [4.78, 5) is 8.57. The molecule has 3 N–H and O–H groups in total. The Morgan fingerprint density at radius 2 is 1.71 bits per heavy atom. The van der Waals surface area contributed by atoms with E-state index in [0.29, 0.717) is 11.6 Å². The van der Waals surface area contributed by atoms with E-state index in [0.717, 1.165) is 21.5 Å². The smallest absolute Gasteiger partial charge is 0.139 e. The first-order valence-electron chi connectivity index (χ1n) is 6.60. The van der Waals surface area contributed by atoms with Crippen LogP contribution in [-0.4, -0.2) is 9.97 Å². The lowest BCUT2D eigenvalue weighted by Gasteiger charge is -2.11. The number of aryl methyl sites for hydroxylation is 1. The molecule has 0 fully saturated rings. The Labute approximate surface area is 131 Å². The minimum Gasteiger partial charge on any atom is -0.383 e. The molecule has 0 aliphatic rings. The molecule has 5 heteroatoms. The van der Waals surface area contributed by atoms with Gasteiger partial charge in [-0.25, -0.2) is 9.97 Å². The number of hydrogen-bond acceptors (Lipinski definition) is 4. The summed E-state index contributed by atoms with van der Waals surface area (Å²) in [7, 11) is 0. The summed E-state index contributed by atoms with van der Waals surface area (Å²) in [6.07, 6.45) is 0. The highest BCUT2D eigenvalue weighted by molar-refractivity contribution is 9.10. The molecule has 4 nitrogen and oxygen atoms in total. The Hall–Kier alpha value is -2.14. The van der Waals surface area contributed by atoms with Gasteiger partial charge in [0.15, 0.2) is 0 Å². The van der Waals surface area contributed by atoms with Gasteiger partial charge in [-0.05, 0) is 48.9 Å². The van der Waals surface area contributed by atoms with Crippen LogP contribution < -0.4 is 11.1 Å². The fraction of sp³-hybridized carbons (Fsp3) is 0.125. The van der Waals surface area contributed by atoms with Gasteiger partial charge < -0.3 is 11.1 Å². The van der Waals surface area contributed by atoms with Crippen molar-refractivity contribution in [2.24, 2.45) is 0 Å². The molecule has 106 valence electrons. The summed E-state index contributed by atoms with van der Waals surface area (Å²) in [6, 6.07) is 12.4. The molecule has 0 amide bonds. The van der Waals surface area contributed by atoms with Gasteiger partial charge >= 0.3 is 0 Å². The molecule has 0 bridgehead atoms. The first-order valence-corrected chi connectivity index (χ1v) is 7.39. The number of halogens is 1. The molecule has 1 aromatic heterocycles. The van der Waals surface area contributed by atoms with Gasteiger partial charge in [0.05, 0.1) is 0 Å². The molecule has 3 rings (SSSR count). The average Bonchev–Trinajstić information content (AvgIpc) is 2.44. The number of fused-ring (bicyclic) bond motifs is 1. The molecular formula is C16H15BrN4. The molecule has 0 saturated heterocycles. The lowest BCUT2D eigenvalue weighted by Crippen LogP contribution is -2.04. The number of aromatic nitrogens is 2. The average molecular weight is 343 g/mol. The minimum atomic E-state index is 0.509. The number of anilines is 3. The van der Waals surface area contributed by atoms with Gasteiger partial charge in [0.1, 0.15) is 17.5 Å². The standard InChI is InChI=1S/C16H15BrN4/c1-9-15(18)19-10(2)20-16(9)21-14-6-4-11-7-13(17)5-3-12(11)8-14/h3-8H,1-2H3,(H3,18,19,20,21). The van der Waals surface area contributed by atoms with E-state index >= 15 is 0 Å². The van der Waals surface area contributed by atoms with Gasteiger partial charge in [0, 0.05) is 15.7 Å². The van der Waals surface area contributed by atoms with E-state index in [1.54, 1.807) is 0 Å². The molecule has 0 unspecified atom stereocenters. The molecular weight excluding hydrogens is 328 g/mol. The van der Waals surface area contributed by atoms with Crippen molar-refractivity contribution < 1.29 is 0 Å². The van der Waals surface area contributed by atoms with Crippen LogP contribution in [0, 0.1) is 13.8 Å². The van der Waals surface area contributed by atoms with E-state index in [1.807, 2.05) is 26.0 Å². The molecule has 0 radical (unpaired) electrons.